The molecule has 0 saturated carbocycles. The minimum Gasteiger partial charge on any atom is -0.550 e. The molecular weight excluding hydrogens is 300 g/mol. The van der Waals surface area contributed by atoms with Crippen LogP contribution in [0.1, 0.15) is 77.6 Å². The molecule has 0 atom stereocenters. The van der Waals surface area contributed by atoms with E-state index < -0.39 is 36.3 Å². The van der Waals surface area contributed by atoms with Gasteiger partial charge in [-0.15, -0.1) is 0 Å². The Morgan fingerprint density at radius 2 is 1.04 bits per heavy atom. The van der Waals surface area contributed by atoms with Gasteiger partial charge in [-0.05, 0) is 36.8 Å². The van der Waals surface area contributed by atoms with E-state index in [0.717, 1.165) is 25.7 Å². The van der Waals surface area contributed by atoms with Crippen molar-refractivity contribution in [2.24, 2.45) is 0 Å². The summed E-state index contributed by atoms with van der Waals surface area (Å²) in [7, 11) is 0. The van der Waals surface area contributed by atoms with Crippen molar-refractivity contribution in [3.63, 3.8) is 0 Å². The van der Waals surface area contributed by atoms with Crippen LogP contribution in [-0.4, -0.2) is 17.9 Å². The van der Waals surface area contributed by atoms with E-state index in [9.17, 15) is 29.7 Å². The van der Waals surface area contributed by atoms with Gasteiger partial charge in [0, 0.05) is 5.97 Å². The Kier molecular flexibility index (Phi) is 11.7. The van der Waals surface area contributed by atoms with E-state index in [1.54, 1.807) is 0 Å². The normalized spacial score (nSPS) is 11.9. The first-order chi connectivity index (χ1) is 10.9. The van der Waals surface area contributed by atoms with Crippen LogP contribution in [0.5, 0.6) is 0 Å². The molecule has 6 heteroatoms. The van der Waals surface area contributed by atoms with E-state index in [-0.39, 0.29) is 12.0 Å². The molecular formula is C17H25O6-3. The monoisotopic (exact) mass is 325 g/mol. The highest BCUT2D eigenvalue weighted by atomic mass is 16.4. The fraction of sp³-hybridized carbons (Fsp3) is 0.706. The largest absolute Gasteiger partial charge is 0.550 e. The molecule has 0 aromatic heterocycles. The molecule has 0 rings (SSSR count). The molecule has 23 heavy (non-hydrogen) atoms. The molecule has 6 nitrogen and oxygen atoms in total. The average molecular weight is 325 g/mol. The van der Waals surface area contributed by atoms with Crippen molar-refractivity contribution < 1.29 is 29.7 Å². The number of carbonyl (C=O) groups is 3. The predicted octanol–water partition coefficient (Wildman–Crippen LogP) is -0.156. The maximum absolute atomic E-state index is 11.1. The number of aliphatic carboxylic acids is 3. The molecule has 0 fully saturated rings. The lowest BCUT2D eigenvalue weighted by Gasteiger charge is -2.17. The van der Waals surface area contributed by atoms with Crippen molar-refractivity contribution in [3.8, 4) is 0 Å². The van der Waals surface area contributed by atoms with Gasteiger partial charge in [-0.1, -0.05) is 51.9 Å². The Balaban J connectivity index is 4.41. The summed E-state index contributed by atoms with van der Waals surface area (Å²) in [6.07, 6.45) is 7.15. The minimum atomic E-state index is -1.66. The maximum Gasteiger partial charge on any atom is 0.0678 e. The van der Waals surface area contributed by atoms with Gasteiger partial charge in [0.2, 0.25) is 0 Å². The molecule has 0 bridgehead atoms. The van der Waals surface area contributed by atoms with Crippen molar-refractivity contribution >= 4 is 17.9 Å². The standard InChI is InChI=1S/C17H28O6/c1-2-3-4-5-6-7-8-9-10-13(16(20)21)14(17(22)23)11-12-15(18)19/h2-12H2,1H3,(H,18,19)(H,20,21)(H,22,23)/p-3/b14-13-. The summed E-state index contributed by atoms with van der Waals surface area (Å²) >= 11 is 0. The van der Waals surface area contributed by atoms with E-state index in [1.807, 2.05) is 0 Å². The molecule has 0 amide bonds. The number of unbranched alkanes of at least 4 members (excludes halogenated alkanes) is 7. The Labute approximate surface area is 137 Å². The lowest BCUT2D eigenvalue weighted by molar-refractivity contribution is -0.307. The summed E-state index contributed by atoms with van der Waals surface area (Å²) in [6.45, 7) is 2.14. The van der Waals surface area contributed by atoms with Crippen molar-refractivity contribution in [2.45, 2.75) is 77.6 Å². The van der Waals surface area contributed by atoms with E-state index in [4.69, 9.17) is 0 Å². The number of rotatable bonds is 14. The van der Waals surface area contributed by atoms with Gasteiger partial charge >= 0.3 is 0 Å². The summed E-state index contributed by atoms with van der Waals surface area (Å²) in [4.78, 5) is 32.5. The first-order valence-corrected chi connectivity index (χ1v) is 8.24. The van der Waals surface area contributed by atoms with Gasteiger partial charge in [-0.25, -0.2) is 0 Å². The van der Waals surface area contributed by atoms with Gasteiger partial charge in [-0.2, -0.15) is 0 Å². The van der Waals surface area contributed by atoms with Gasteiger partial charge in [0.25, 0.3) is 0 Å². The third kappa shape index (κ3) is 10.5. The van der Waals surface area contributed by atoms with Crippen molar-refractivity contribution in [2.75, 3.05) is 0 Å². The van der Waals surface area contributed by atoms with Gasteiger partial charge in [-0.3, -0.25) is 0 Å². The van der Waals surface area contributed by atoms with Crippen LogP contribution in [0.4, 0.5) is 0 Å². The second-order valence-corrected chi connectivity index (χ2v) is 5.63. The van der Waals surface area contributed by atoms with E-state index in [0.29, 0.717) is 6.42 Å². The van der Waals surface area contributed by atoms with Gasteiger partial charge in [0.05, 0.1) is 11.9 Å². The molecule has 0 heterocycles. The van der Waals surface area contributed by atoms with Crippen molar-refractivity contribution in [3.05, 3.63) is 11.1 Å². The zero-order valence-corrected chi connectivity index (χ0v) is 13.7. The minimum absolute atomic E-state index is 0.0493. The number of carbonyl (C=O) groups excluding carboxylic acids is 3. The molecule has 0 N–H and O–H groups in total. The van der Waals surface area contributed by atoms with Crippen LogP contribution in [-0.2, 0) is 14.4 Å². The second-order valence-electron chi connectivity index (χ2n) is 5.63. The Bertz CT molecular complexity index is 425. The van der Waals surface area contributed by atoms with Crippen LogP contribution in [0.3, 0.4) is 0 Å². The first kappa shape index (κ1) is 21.1. The molecule has 0 aliphatic rings. The van der Waals surface area contributed by atoms with E-state index in [2.05, 4.69) is 6.92 Å². The molecule has 0 radical (unpaired) electrons. The van der Waals surface area contributed by atoms with Gasteiger partial charge in [0.15, 0.2) is 0 Å². The quantitative estimate of drug-likeness (QED) is 0.323. The second kappa shape index (κ2) is 12.7. The van der Waals surface area contributed by atoms with Gasteiger partial charge < -0.3 is 29.7 Å². The molecule has 0 aliphatic carbocycles. The molecule has 0 saturated heterocycles. The van der Waals surface area contributed by atoms with Crippen LogP contribution < -0.4 is 15.3 Å². The highest BCUT2D eigenvalue weighted by Crippen LogP contribution is 2.18. The maximum atomic E-state index is 11.1. The van der Waals surface area contributed by atoms with Crippen molar-refractivity contribution in [1.82, 2.24) is 0 Å². The zero-order chi connectivity index (χ0) is 17.7. The summed E-state index contributed by atoms with van der Waals surface area (Å²) in [5.41, 5.74) is -0.866. The molecule has 132 valence electrons. The number of hydrogen-bond acceptors (Lipinski definition) is 6. The smallest absolute Gasteiger partial charge is 0.0678 e. The topological polar surface area (TPSA) is 120 Å². The van der Waals surface area contributed by atoms with Crippen LogP contribution in [0.15, 0.2) is 11.1 Å². The van der Waals surface area contributed by atoms with Crippen LogP contribution in [0.2, 0.25) is 0 Å². The third-order valence-corrected chi connectivity index (χ3v) is 3.72. The third-order valence-electron chi connectivity index (χ3n) is 3.72. The fourth-order valence-corrected chi connectivity index (χ4v) is 2.42. The average Bonchev–Trinajstić information content (AvgIpc) is 2.47. The number of carboxylic acids is 3. The predicted molar refractivity (Wildman–Crippen MR) is 78.5 cm³/mol. The highest BCUT2D eigenvalue weighted by Gasteiger charge is 2.10. The number of hydrogen-bond donors (Lipinski definition) is 0. The zero-order valence-electron chi connectivity index (χ0n) is 13.7. The Morgan fingerprint density at radius 1 is 0.609 bits per heavy atom. The highest BCUT2D eigenvalue weighted by molar-refractivity contribution is 5.97. The van der Waals surface area contributed by atoms with E-state index in [1.165, 1.54) is 19.3 Å². The van der Waals surface area contributed by atoms with Crippen LogP contribution in [0.25, 0.3) is 0 Å². The summed E-state index contributed by atoms with van der Waals surface area (Å²) in [5, 5.41) is 32.5. The Morgan fingerprint density at radius 3 is 1.48 bits per heavy atom. The van der Waals surface area contributed by atoms with E-state index >= 15 is 0 Å². The fourth-order valence-electron chi connectivity index (χ4n) is 2.42. The molecule has 0 aromatic rings. The summed E-state index contributed by atoms with van der Waals surface area (Å²) in [6, 6.07) is 0. The number of carboxylic acid groups (broad SMARTS) is 3. The lowest BCUT2D eigenvalue weighted by atomic mass is 9.97. The van der Waals surface area contributed by atoms with Crippen molar-refractivity contribution in [1.29, 1.82) is 0 Å². The first-order valence-electron chi connectivity index (χ1n) is 8.24. The molecule has 0 aromatic carbocycles. The summed E-state index contributed by atoms with van der Waals surface area (Å²) < 4.78 is 0. The summed E-state index contributed by atoms with van der Waals surface area (Å²) in [5.74, 6) is -4.68. The van der Waals surface area contributed by atoms with Gasteiger partial charge in [0.1, 0.15) is 0 Å². The lowest BCUT2D eigenvalue weighted by Crippen LogP contribution is -2.33. The molecule has 0 unspecified atom stereocenters. The molecule has 0 spiro atoms. The SMILES string of the molecule is CCCCCCCCCC/C(C(=O)[O-])=C(\CCC(=O)[O-])C(=O)[O-]. The molecule has 0 aliphatic heterocycles. The van der Waals surface area contributed by atoms with Crippen LogP contribution >= 0.6 is 0 Å². The Hall–Kier alpha value is -1.85. The van der Waals surface area contributed by atoms with Crippen LogP contribution in [0, 0.1) is 0 Å².